The number of nitrogens with one attached hydrogen (secondary N) is 1. The first-order valence-electron chi connectivity index (χ1n) is 8.12. The van der Waals surface area contributed by atoms with Crippen molar-refractivity contribution >= 4 is 11.8 Å². The number of hydrogen-bond donors (Lipinski definition) is 2. The van der Waals surface area contributed by atoms with Gasteiger partial charge in [-0.3, -0.25) is 14.3 Å². The van der Waals surface area contributed by atoms with Gasteiger partial charge in [0.25, 0.3) is 5.91 Å². The van der Waals surface area contributed by atoms with Gasteiger partial charge in [0.1, 0.15) is 5.69 Å². The number of likely N-dealkylation sites (tertiary alicyclic amines) is 1. The van der Waals surface area contributed by atoms with Crippen LogP contribution in [0.4, 0.5) is 0 Å². The normalized spacial score (nSPS) is 21.5. The second kappa shape index (κ2) is 7.12. The fourth-order valence-corrected chi connectivity index (χ4v) is 3.02. The summed E-state index contributed by atoms with van der Waals surface area (Å²) in [6.45, 7) is 4.82. The van der Waals surface area contributed by atoms with Crippen molar-refractivity contribution in [3.05, 3.63) is 18.0 Å². The van der Waals surface area contributed by atoms with Crippen LogP contribution in [0.25, 0.3) is 0 Å². The van der Waals surface area contributed by atoms with Gasteiger partial charge < -0.3 is 15.3 Å². The molecule has 1 aromatic rings. The van der Waals surface area contributed by atoms with Crippen LogP contribution < -0.4 is 5.32 Å². The third kappa shape index (κ3) is 4.10. The second-order valence-electron chi connectivity index (χ2n) is 6.48. The van der Waals surface area contributed by atoms with E-state index in [-0.39, 0.29) is 30.8 Å². The lowest BCUT2D eigenvalue weighted by molar-refractivity contribution is -0.122. The molecule has 0 aromatic carbocycles. The summed E-state index contributed by atoms with van der Waals surface area (Å²) in [6, 6.07) is 1.81. The molecule has 2 N–H and O–H groups in total. The average Bonchev–Trinajstić information content (AvgIpc) is 3.01. The molecule has 2 rings (SSSR count). The SMILES string of the molecule is CNC(=O)CCC1(O)CCCN(C(=O)c2ccnn2C(C)C)C1. The highest BCUT2D eigenvalue weighted by Crippen LogP contribution is 2.27. The van der Waals surface area contributed by atoms with Crippen LogP contribution in [0.2, 0.25) is 0 Å². The van der Waals surface area contributed by atoms with Crippen LogP contribution in [0.5, 0.6) is 0 Å². The van der Waals surface area contributed by atoms with E-state index in [1.165, 1.54) is 0 Å². The summed E-state index contributed by atoms with van der Waals surface area (Å²) >= 11 is 0. The van der Waals surface area contributed by atoms with E-state index in [1.807, 2.05) is 13.8 Å². The Balaban J connectivity index is 2.06. The van der Waals surface area contributed by atoms with E-state index < -0.39 is 5.60 Å². The molecular weight excluding hydrogens is 296 g/mol. The van der Waals surface area contributed by atoms with Crippen molar-refractivity contribution in [3.8, 4) is 0 Å². The number of β-amino-alcohol motifs (C(OH)–C–C–N with tert-alkyl or cyclic N) is 1. The molecule has 128 valence electrons. The average molecular weight is 322 g/mol. The van der Waals surface area contributed by atoms with E-state index in [1.54, 1.807) is 28.9 Å². The van der Waals surface area contributed by atoms with Gasteiger partial charge in [-0.2, -0.15) is 5.10 Å². The molecule has 7 nitrogen and oxygen atoms in total. The van der Waals surface area contributed by atoms with Gasteiger partial charge in [-0.05, 0) is 39.2 Å². The van der Waals surface area contributed by atoms with Gasteiger partial charge in [0.05, 0.1) is 5.60 Å². The summed E-state index contributed by atoms with van der Waals surface area (Å²) in [7, 11) is 1.58. The maximum atomic E-state index is 12.7. The monoisotopic (exact) mass is 322 g/mol. The molecule has 23 heavy (non-hydrogen) atoms. The minimum atomic E-state index is -0.997. The van der Waals surface area contributed by atoms with E-state index in [0.717, 1.165) is 6.42 Å². The fraction of sp³-hybridized carbons (Fsp3) is 0.688. The van der Waals surface area contributed by atoms with Crippen molar-refractivity contribution in [3.63, 3.8) is 0 Å². The van der Waals surface area contributed by atoms with Crippen molar-refractivity contribution < 1.29 is 14.7 Å². The molecule has 1 saturated heterocycles. The molecule has 0 bridgehead atoms. The Bertz CT molecular complexity index is 569. The Labute approximate surface area is 136 Å². The highest BCUT2D eigenvalue weighted by Gasteiger charge is 2.36. The number of aromatic nitrogens is 2. The van der Waals surface area contributed by atoms with Crippen molar-refractivity contribution in [2.75, 3.05) is 20.1 Å². The smallest absolute Gasteiger partial charge is 0.272 e. The van der Waals surface area contributed by atoms with Crippen molar-refractivity contribution in [2.24, 2.45) is 0 Å². The van der Waals surface area contributed by atoms with Crippen LogP contribution in [0.1, 0.15) is 56.1 Å². The number of hydrogen-bond acceptors (Lipinski definition) is 4. The molecule has 1 fully saturated rings. The zero-order valence-corrected chi connectivity index (χ0v) is 14.1. The van der Waals surface area contributed by atoms with Crippen LogP contribution in [0.15, 0.2) is 12.3 Å². The summed E-state index contributed by atoms with van der Waals surface area (Å²) in [6.07, 6.45) is 3.58. The molecule has 1 unspecified atom stereocenters. The summed E-state index contributed by atoms with van der Waals surface area (Å²) < 4.78 is 1.69. The van der Waals surface area contributed by atoms with E-state index in [0.29, 0.717) is 25.1 Å². The van der Waals surface area contributed by atoms with Gasteiger partial charge in [0.2, 0.25) is 5.91 Å². The van der Waals surface area contributed by atoms with Crippen molar-refractivity contribution in [1.29, 1.82) is 0 Å². The number of carbonyl (C=O) groups excluding carboxylic acids is 2. The number of rotatable bonds is 5. The number of piperidine rings is 1. The van der Waals surface area contributed by atoms with E-state index in [2.05, 4.69) is 10.4 Å². The standard InChI is InChI=1S/C16H26N4O3/c1-12(2)20-13(6-9-18-20)15(22)19-10-4-7-16(23,11-19)8-5-14(21)17-3/h6,9,12,23H,4-5,7-8,10-11H2,1-3H3,(H,17,21). The molecule has 2 amide bonds. The number of carbonyl (C=O) groups is 2. The number of nitrogens with zero attached hydrogens (tertiary/aromatic N) is 3. The molecule has 0 spiro atoms. The highest BCUT2D eigenvalue weighted by atomic mass is 16.3. The first-order chi connectivity index (χ1) is 10.9. The molecule has 0 aliphatic carbocycles. The summed E-state index contributed by atoms with van der Waals surface area (Å²) in [5.41, 5.74) is -0.459. The first kappa shape index (κ1) is 17.5. The van der Waals surface area contributed by atoms with Crippen molar-refractivity contribution in [2.45, 2.75) is 51.2 Å². The van der Waals surface area contributed by atoms with E-state index in [9.17, 15) is 14.7 Å². The highest BCUT2D eigenvalue weighted by molar-refractivity contribution is 5.92. The minimum absolute atomic E-state index is 0.0974. The molecule has 1 aliphatic rings. The minimum Gasteiger partial charge on any atom is -0.388 e. The molecule has 2 heterocycles. The van der Waals surface area contributed by atoms with E-state index >= 15 is 0 Å². The summed E-state index contributed by atoms with van der Waals surface area (Å²) in [5, 5.41) is 17.5. The largest absolute Gasteiger partial charge is 0.388 e. The van der Waals surface area contributed by atoms with Crippen LogP contribution in [-0.4, -0.2) is 57.3 Å². The lowest BCUT2D eigenvalue weighted by atomic mass is 9.88. The summed E-state index contributed by atoms with van der Waals surface area (Å²) in [4.78, 5) is 25.8. The molecule has 0 saturated carbocycles. The lowest BCUT2D eigenvalue weighted by Crippen LogP contribution is -2.51. The Morgan fingerprint density at radius 1 is 1.48 bits per heavy atom. The van der Waals surface area contributed by atoms with E-state index in [4.69, 9.17) is 0 Å². The predicted octanol–water partition coefficient (Wildman–Crippen LogP) is 0.957. The maximum Gasteiger partial charge on any atom is 0.272 e. The number of amides is 2. The molecule has 1 atom stereocenters. The fourth-order valence-electron chi connectivity index (χ4n) is 3.02. The third-order valence-corrected chi connectivity index (χ3v) is 4.32. The van der Waals surface area contributed by atoms with Crippen LogP contribution >= 0.6 is 0 Å². The predicted molar refractivity (Wildman–Crippen MR) is 86.0 cm³/mol. The van der Waals surface area contributed by atoms with Crippen LogP contribution in [0, 0.1) is 0 Å². The van der Waals surface area contributed by atoms with Crippen LogP contribution in [-0.2, 0) is 4.79 Å². The van der Waals surface area contributed by atoms with Gasteiger partial charge in [-0.15, -0.1) is 0 Å². The van der Waals surface area contributed by atoms with Gasteiger partial charge in [-0.1, -0.05) is 0 Å². The quantitative estimate of drug-likeness (QED) is 0.845. The zero-order valence-electron chi connectivity index (χ0n) is 14.1. The molecular formula is C16H26N4O3. The second-order valence-corrected chi connectivity index (χ2v) is 6.48. The number of aliphatic hydroxyl groups is 1. The molecule has 7 heteroatoms. The lowest BCUT2D eigenvalue weighted by Gasteiger charge is -2.39. The van der Waals surface area contributed by atoms with Crippen molar-refractivity contribution in [1.82, 2.24) is 20.0 Å². The summed E-state index contributed by atoms with van der Waals surface area (Å²) in [5.74, 6) is -0.214. The molecule has 0 radical (unpaired) electrons. The topological polar surface area (TPSA) is 87.5 Å². The Kier molecular flexibility index (Phi) is 5.41. The Morgan fingerprint density at radius 3 is 2.87 bits per heavy atom. The third-order valence-electron chi connectivity index (χ3n) is 4.32. The van der Waals surface area contributed by atoms with Gasteiger partial charge >= 0.3 is 0 Å². The van der Waals surface area contributed by atoms with Gasteiger partial charge in [0.15, 0.2) is 0 Å². The van der Waals surface area contributed by atoms with Gasteiger partial charge in [0, 0.05) is 38.8 Å². The maximum absolute atomic E-state index is 12.7. The zero-order chi connectivity index (χ0) is 17.0. The molecule has 1 aliphatic heterocycles. The molecule has 1 aromatic heterocycles. The first-order valence-corrected chi connectivity index (χ1v) is 8.12. The van der Waals surface area contributed by atoms with Gasteiger partial charge in [-0.25, -0.2) is 0 Å². The van der Waals surface area contributed by atoms with Crippen LogP contribution in [0.3, 0.4) is 0 Å². The Hall–Kier alpha value is -1.89. The Morgan fingerprint density at radius 2 is 2.22 bits per heavy atom.